The van der Waals surface area contributed by atoms with Gasteiger partial charge in [-0.25, -0.2) is 18.5 Å². The zero-order valence-electron chi connectivity index (χ0n) is 16.6. The molecule has 1 aromatic heterocycles. The number of allylic oxidation sites excluding steroid dienone is 2. The lowest BCUT2D eigenvalue weighted by molar-refractivity contribution is -0.160. The number of halogens is 5. The summed E-state index contributed by atoms with van der Waals surface area (Å²) < 4.78 is 57.8. The molecule has 0 aromatic carbocycles. The summed E-state index contributed by atoms with van der Waals surface area (Å²) in [4.78, 5) is 49.9. The first-order valence-electron chi connectivity index (χ1n) is 8.85. The van der Waals surface area contributed by atoms with Gasteiger partial charge in [0.15, 0.2) is 0 Å². The van der Waals surface area contributed by atoms with E-state index in [1.165, 1.54) is 24.9 Å². The molecule has 0 radical (unpaired) electrons. The first-order chi connectivity index (χ1) is 14.7. The normalized spacial score (nSPS) is 24.7. The Hall–Kier alpha value is -2.80. The maximum absolute atomic E-state index is 15.6. The van der Waals surface area contributed by atoms with Crippen LogP contribution in [0.5, 0.6) is 0 Å². The number of carboxylic acids is 1. The summed E-state index contributed by atoms with van der Waals surface area (Å²) in [7, 11) is 0. The van der Waals surface area contributed by atoms with E-state index < -0.39 is 62.0 Å². The highest BCUT2D eigenvalue weighted by atomic mass is 79.9. The molecule has 1 heterocycles. The van der Waals surface area contributed by atoms with Crippen molar-refractivity contribution in [3.8, 4) is 0 Å². The van der Waals surface area contributed by atoms with Crippen molar-refractivity contribution in [3.05, 3.63) is 62.7 Å². The number of carboxylic acid groups (broad SMARTS) is 1. The second kappa shape index (κ2) is 8.62. The Morgan fingerprint density at radius 1 is 1.44 bits per heavy atom. The zero-order chi connectivity index (χ0) is 24.6. The minimum Gasteiger partial charge on any atom is -0.479 e. The van der Waals surface area contributed by atoms with Crippen molar-refractivity contribution in [2.24, 2.45) is 5.92 Å². The number of hydrogen-bond donors (Lipinski definition) is 2. The zero-order valence-corrected chi connectivity index (χ0v) is 18.2. The number of aromatic amines is 1. The minimum absolute atomic E-state index is 0.000698. The molecule has 0 aliphatic heterocycles. The van der Waals surface area contributed by atoms with Crippen LogP contribution in [0.15, 0.2) is 45.8 Å². The molecule has 3 atom stereocenters. The fourth-order valence-electron chi connectivity index (χ4n) is 3.36. The Labute approximate surface area is 186 Å². The Morgan fingerprint density at radius 2 is 2.03 bits per heavy atom. The van der Waals surface area contributed by atoms with E-state index in [0.29, 0.717) is 6.08 Å². The Morgan fingerprint density at radius 3 is 2.47 bits per heavy atom. The molecular formula is C19H17BrF4N2O6. The van der Waals surface area contributed by atoms with E-state index in [1.807, 2.05) is 0 Å². The highest BCUT2D eigenvalue weighted by Crippen LogP contribution is 2.51. The maximum atomic E-state index is 15.6. The molecule has 8 nitrogen and oxygen atoms in total. The molecule has 174 valence electrons. The quantitative estimate of drug-likeness (QED) is 0.245. The van der Waals surface area contributed by atoms with Gasteiger partial charge in [-0.05, 0) is 18.6 Å². The van der Waals surface area contributed by atoms with Crippen molar-refractivity contribution < 1.29 is 37.0 Å². The molecule has 0 saturated heterocycles. The summed E-state index contributed by atoms with van der Waals surface area (Å²) in [6, 6.07) is 0.0212. The van der Waals surface area contributed by atoms with Crippen LogP contribution < -0.4 is 11.2 Å². The highest BCUT2D eigenvalue weighted by Gasteiger charge is 2.59. The second-order valence-corrected chi connectivity index (χ2v) is 8.57. The number of alkyl halides is 4. The molecule has 0 saturated carbocycles. The maximum Gasteiger partial charge on any atom is 0.431 e. The number of aromatic nitrogens is 2. The van der Waals surface area contributed by atoms with Crippen LogP contribution in [0.25, 0.3) is 5.70 Å². The van der Waals surface area contributed by atoms with Gasteiger partial charge in [-0.2, -0.15) is 13.2 Å². The lowest BCUT2D eigenvalue weighted by atomic mass is 9.73. The van der Waals surface area contributed by atoms with Gasteiger partial charge in [0, 0.05) is 12.0 Å². The molecule has 32 heavy (non-hydrogen) atoms. The van der Waals surface area contributed by atoms with E-state index in [-0.39, 0.29) is 23.5 Å². The molecule has 1 aliphatic carbocycles. The number of H-pyrrole nitrogens is 1. The average Bonchev–Trinajstić information content (AvgIpc) is 2.66. The van der Waals surface area contributed by atoms with Gasteiger partial charge in [-0.3, -0.25) is 4.79 Å². The number of nitrogens with one attached hydrogen (secondary N) is 1. The Balaban J connectivity index is 3.00. The number of aliphatic carboxylic acids is 1. The van der Waals surface area contributed by atoms with Crippen LogP contribution in [0.4, 0.5) is 17.6 Å². The molecule has 2 rings (SSSR count). The monoisotopic (exact) mass is 524 g/mol. The highest BCUT2D eigenvalue weighted by molar-refractivity contribution is 9.10. The average molecular weight is 525 g/mol. The van der Waals surface area contributed by atoms with E-state index in [1.54, 1.807) is 0 Å². The summed E-state index contributed by atoms with van der Waals surface area (Å²) >= 11 is 3.11. The molecule has 0 fully saturated rings. The Bertz CT molecular complexity index is 1120. The first-order valence-corrected chi connectivity index (χ1v) is 9.64. The van der Waals surface area contributed by atoms with Crippen molar-refractivity contribution >= 4 is 33.9 Å². The lowest BCUT2D eigenvalue weighted by Gasteiger charge is -2.45. The predicted molar refractivity (Wildman–Crippen MR) is 108 cm³/mol. The number of carbonyl (C=O) groups is 2. The molecule has 0 bridgehead atoms. The van der Waals surface area contributed by atoms with E-state index in [0.717, 1.165) is 0 Å². The molecule has 1 aromatic rings. The number of rotatable bonds is 7. The first kappa shape index (κ1) is 25.5. The molecule has 0 spiro atoms. The SMILES string of the molecule is C=CCOC1(C(=O)O)C=C(n2c(=O)cc(C(F)(F)F)[nH]c2=O)C(F)=C(C(C)C=O)C1(C)Br. The smallest absolute Gasteiger partial charge is 0.431 e. The van der Waals surface area contributed by atoms with Crippen molar-refractivity contribution in [1.29, 1.82) is 0 Å². The molecule has 2 N–H and O–H groups in total. The van der Waals surface area contributed by atoms with Crippen LogP contribution >= 0.6 is 15.9 Å². The third-order valence-electron chi connectivity index (χ3n) is 4.89. The van der Waals surface area contributed by atoms with Gasteiger partial charge >= 0.3 is 17.8 Å². The van der Waals surface area contributed by atoms with Gasteiger partial charge in [-0.1, -0.05) is 28.9 Å². The number of ether oxygens (including phenoxy) is 1. The molecule has 0 amide bonds. The number of nitrogens with zero attached hydrogens (tertiary/aromatic N) is 1. The fraction of sp³-hybridized carbons (Fsp3) is 0.368. The second-order valence-electron chi connectivity index (χ2n) is 6.99. The third-order valence-corrected chi connectivity index (χ3v) is 5.91. The predicted octanol–water partition coefficient (Wildman–Crippen LogP) is 2.65. The summed E-state index contributed by atoms with van der Waals surface area (Å²) in [5, 5.41) is 9.97. The van der Waals surface area contributed by atoms with Crippen LogP contribution in [0.1, 0.15) is 19.5 Å². The van der Waals surface area contributed by atoms with Crippen LogP contribution in [-0.2, 0) is 20.5 Å². The van der Waals surface area contributed by atoms with E-state index in [2.05, 4.69) is 22.5 Å². The molecule has 1 aliphatic rings. The van der Waals surface area contributed by atoms with Crippen LogP contribution in [-0.4, -0.2) is 43.4 Å². The molecule has 13 heteroatoms. The topological polar surface area (TPSA) is 118 Å². The van der Waals surface area contributed by atoms with Crippen molar-refractivity contribution in [1.82, 2.24) is 9.55 Å². The van der Waals surface area contributed by atoms with Gasteiger partial charge in [0.25, 0.3) is 5.56 Å². The van der Waals surface area contributed by atoms with E-state index in [4.69, 9.17) is 4.74 Å². The van der Waals surface area contributed by atoms with Crippen molar-refractivity contribution in [2.75, 3.05) is 6.61 Å². The number of carbonyl (C=O) groups excluding carboxylic acids is 1. The summed E-state index contributed by atoms with van der Waals surface area (Å²) in [5.74, 6) is -4.33. The number of hydrogen-bond acceptors (Lipinski definition) is 5. The van der Waals surface area contributed by atoms with E-state index in [9.17, 15) is 37.5 Å². The van der Waals surface area contributed by atoms with Crippen molar-refractivity contribution in [3.63, 3.8) is 0 Å². The van der Waals surface area contributed by atoms with Gasteiger partial charge in [-0.15, -0.1) is 6.58 Å². The van der Waals surface area contributed by atoms with Crippen LogP contribution in [0, 0.1) is 5.92 Å². The summed E-state index contributed by atoms with van der Waals surface area (Å²) in [6.45, 7) is 5.43. The largest absolute Gasteiger partial charge is 0.479 e. The summed E-state index contributed by atoms with van der Waals surface area (Å²) in [5.41, 5.74) is -8.91. The Kier molecular flexibility index (Phi) is 6.86. The van der Waals surface area contributed by atoms with E-state index >= 15 is 4.39 Å². The van der Waals surface area contributed by atoms with Crippen molar-refractivity contribution in [2.45, 2.75) is 29.9 Å². The van der Waals surface area contributed by atoms with Gasteiger partial charge in [0.2, 0.25) is 5.60 Å². The van der Waals surface area contributed by atoms with Crippen LogP contribution in [0.3, 0.4) is 0 Å². The minimum atomic E-state index is -5.07. The van der Waals surface area contributed by atoms with Crippen LogP contribution in [0.2, 0.25) is 0 Å². The van der Waals surface area contributed by atoms with Gasteiger partial charge in [0.1, 0.15) is 17.8 Å². The third kappa shape index (κ3) is 4.01. The summed E-state index contributed by atoms with van der Waals surface area (Å²) in [6.07, 6.45) is -3.02. The van der Waals surface area contributed by atoms with Gasteiger partial charge < -0.3 is 19.6 Å². The standard InChI is InChI=1S/C19H17BrF4N2O6/c1-4-5-32-18(15(29)30)7-10(14(21)13(9(2)8-27)17(18,3)20)26-12(28)6-11(19(22,23)24)25-16(26)31/h4,6-9H,1,5H2,2-3H3,(H,25,31)(H,29,30). The molecule has 3 unspecified atom stereocenters. The van der Waals surface area contributed by atoms with Gasteiger partial charge in [0.05, 0.1) is 16.6 Å². The lowest BCUT2D eigenvalue weighted by Crippen LogP contribution is -2.59. The molecular weight excluding hydrogens is 508 g/mol. The number of aldehydes is 1. The fourth-order valence-corrected chi connectivity index (χ4v) is 4.30.